The van der Waals surface area contributed by atoms with E-state index in [9.17, 15) is 22.8 Å². The lowest BCUT2D eigenvalue weighted by Gasteiger charge is -2.11. The number of thiophene rings is 1. The fourth-order valence-electron chi connectivity index (χ4n) is 1.61. The number of esters is 1. The van der Waals surface area contributed by atoms with Gasteiger partial charge >= 0.3 is 12.1 Å². The summed E-state index contributed by atoms with van der Waals surface area (Å²) in [6, 6.07) is 4.48. The van der Waals surface area contributed by atoms with Crippen molar-refractivity contribution in [2.75, 3.05) is 11.9 Å². The van der Waals surface area contributed by atoms with Gasteiger partial charge in [0.2, 0.25) is 0 Å². The molecule has 1 aromatic carbocycles. The van der Waals surface area contributed by atoms with Crippen LogP contribution in [0.4, 0.5) is 18.9 Å². The number of amides is 1. The minimum absolute atomic E-state index is 0.0988. The van der Waals surface area contributed by atoms with Crippen molar-refractivity contribution in [3.05, 3.63) is 51.2 Å². The Labute approximate surface area is 137 Å². The maximum absolute atomic E-state index is 12.7. The van der Waals surface area contributed by atoms with E-state index in [4.69, 9.17) is 16.3 Å². The molecular formula is C14H9ClF3NO3S. The summed E-state index contributed by atoms with van der Waals surface area (Å²) in [4.78, 5) is 23.2. The Morgan fingerprint density at radius 2 is 2.00 bits per heavy atom. The third-order valence-electron chi connectivity index (χ3n) is 2.65. The van der Waals surface area contributed by atoms with E-state index in [2.05, 4.69) is 5.32 Å². The number of ether oxygens (including phenoxy) is 1. The average molecular weight is 364 g/mol. The van der Waals surface area contributed by atoms with Gasteiger partial charge in [-0.3, -0.25) is 4.79 Å². The minimum Gasteiger partial charge on any atom is -0.452 e. The molecule has 0 unspecified atom stereocenters. The molecule has 1 amide bonds. The highest BCUT2D eigenvalue weighted by atomic mass is 35.5. The molecule has 0 saturated carbocycles. The molecule has 23 heavy (non-hydrogen) atoms. The van der Waals surface area contributed by atoms with Gasteiger partial charge in [-0.15, -0.1) is 0 Å². The van der Waals surface area contributed by atoms with Gasteiger partial charge in [0.05, 0.1) is 16.1 Å². The van der Waals surface area contributed by atoms with E-state index < -0.39 is 35.2 Å². The SMILES string of the molecule is O=C(COC(=O)c1ccsc1)Nc1ccc(Cl)c(C(F)(F)F)c1. The number of benzene rings is 1. The number of hydrogen-bond donors (Lipinski definition) is 1. The van der Waals surface area contributed by atoms with Gasteiger partial charge < -0.3 is 10.1 Å². The lowest BCUT2D eigenvalue weighted by atomic mass is 10.2. The molecule has 0 fully saturated rings. The molecule has 0 aliphatic heterocycles. The first-order valence-corrected chi connectivity index (χ1v) is 7.45. The zero-order chi connectivity index (χ0) is 17.0. The van der Waals surface area contributed by atoms with Gasteiger partial charge in [-0.2, -0.15) is 24.5 Å². The van der Waals surface area contributed by atoms with Gasteiger partial charge in [-0.05, 0) is 29.6 Å². The summed E-state index contributed by atoms with van der Waals surface area (Å²) in [5, 5.41) is 4.96. The van der Waals surface area contributed by atoms with E-state index in [-0.39, 0.29) is 5.69 Å². The molecule has 2 aromatic rings. The van der Waals surface area contributed by atoms with E-state index in [1.165, 1.54) is 23.5 Å². The lowest BCUT2D eigenvalue weighted by Crippen LogP contribution is -2.21. The van der Waals surface area contributed by atoms with Gasteiger partial charge in [-0.25, -0.2) is 4.79 Å². The molecule has 0 atom stereocenters. The molecule has 2 rings (SSSR count). The predicted molar refractivity (Wildman–Crippen MR) is 79.7 cm³/mol. The molecule has 9 heteroatoms. The molecule has 0 aliphatic rings. The van der Waals surface area contributed by atoms with Crippen LogP contribution in [0.1, 0.15) is 15.9 Å². The van der Waals surface area contributed by atoms with E-state index in [1.54, 1.807) is 10.8 Å². The smallest absolute Gasteiger partial charge is 0.417 e. The number of carbonyl (C=O) groups excluding carboxylic acids is 2. The highest BCUT2D eigenvalue weighted by molar-refractivity contribution is 7.08. The number of alkyl halides is 3. The van der Waals surface area contributed by atoms with Crippen LogP contribution < -0.4 is 5.32 Å². The van der Waals surface area contributed by atoms with E-state index in [1.807, 2.05) is 0 Å². The Morgan fingerprint density at radius 3 is 2.61 bits per heavy atom. The van der Waals surface area contributed by atoms with Crippen LogP contribution in [0.5, 0.6) is 0 Å². The maximum atomic E-state index is 12.7. The standard InChI is InChI=1S/C14H9ClF3NO3S/c15-11-2-1-9(5-10(11)14(16,17)18)19-12(20)6-22-13(21)8-3-4-23-7-8/h1-5,7H,6H2,(H,19,20). The summed E-state index contributed by atoms with van der Waals surface area (Å²) in [5.41, 5.74) is -0.862. The molecular weight excluding hydrogens is 355 g/mol. The number of halogens is 4. The monoisotopic (exact) mass is 363 g/mol. The van der Waals surface area contributed by atoms with Crippen LogP contribution in [0.2, 0.25) is 5.02 Å². The third kappa shape index (κ3) is 4.70. The molecule has 0 bridgehead atoms. The molecule has 4 nitrogen and oxygen atoms in total. The summed E-state index contributed by atoms with van der Waals surface area (Å²) >= 11 is 6.77. The highest BCUT2D eigenvalue weighted by Gasteiger charge is 2.33. The van der Waals surface area contributed by atoms with E-state index in [0.29, 0.717) is 11.6 Å². The number of nitrogens with one attached hydrogen (secondary N) is 1. The van der Waals surface area contributed by atoms with Gasteiger partial charge in [0.1, 0.15) is 0 Å². The van der Waals surface area contributed by atoms with Crippen molar-refractivity contribution in [3.63, 3.8) is 0 Å². The Balaban J connectivity index is 1.97. The second-order valence-corrected chi connectivity index (χ2v) is 5.52. The highest BCUT2D eigenvalue weighted by Crippen LogP contribution is 2.36. The molecule has 1 heterocycles. The third-order valence-corrected chi connectivity index (χ3v) is 3.66. The maximum Gasteiger partial charge on any atom is 0.417 e. The largest absolute Gasteiger partial charge is 0.452 e. The van der Waals surface area contributed by atoms with Gasteiger partial charge in [0.25, 0.3) is 5.91 Å². The fourth-order valence-corrected chi connectivity index (χ4v) is 2.46. The Kier molecular flexibility index (Phi) is 5.27. The lowest BCUT2D eigenvalue weighted by molar-refractivity contribution is -0.137. The van der Waals surface area contributed by atoms with Gasteiger partial charge in [0.15, 0.2) is 6.61 Å². The normalized spacial score (nSPS) is 11.1. The summed E-state index contributed by atoms with van der Waals surface area (Å²) in [6.45, 7) is -0.612. The van der Waals surface area contributed by atoms with Crippen molar-refractivity contribution in [2.45, 2.75) is 6.18 Å². The van der Waals surface area contributed by atoms with Crippen LogP contribution in [0.25, 0.3) is 0 Å². The Morgan fingerprint density at radius 1 is 1.26 bits per heavy atom. The van der Waals surface area contributed by atoms with Crippen molar-refractivity contribution in [2.24, 2.45) is 0 Å². The second kappa shape index (κ2) is 7.01. The van der Waals surface area contributed by atoms with Crippen molar-refractivity contribution < 1.29 is 27.5 Å². The Hall–Kier alpha value is -2.06. The Bertz CT molecular complexity index is 717. The molecule has 1 N–H and O–H groups in total. The summed E-state index contributed by atoms with van der Waals surface area (Å²) in [5.74, 6) is -1.45. The van der Waals surface area contributed by atoms with Crippen molar-refractivity contribution in [1.29, 1.82) is 0 Å². The molecule has 122 valence electrons. The number of anilines is 1. The number of carbonyl (C=O) groups is 2. The van der Waals surface area contributed by atoms with Crippen molar-refractivity contribution in [3.8, 4) is 0 Å². The molecule has 0 spiro atoms. The predicted octanol–water partition coefficient (Wildman–Crippen LogP) is 4.22. The average Bonchev–Trinajstić information content (AvgIpc) is 3.00. The molecule has 1 aromatic heterocycles. The van der Waals surface area contributed by atoms with Crippen LogP contribution in [0.15, 0.2) is 35.0 Å². The molecule has 0 radical (unpaired) electrons. The topological polar surface area (TPSA) is 55.4 Å². The first-order valence-electron chi connectivity index (χ1n) is 6.13. The van der Waals surface area contributed by atoms with Crippen molar-refractivity contribution >= 4 is 40.5 Å². The quantitative estimate of drug-likeness (QED) is 0.828. The summed E-state index contributed by atoms with van der Waals surface area (Å²) in [6.07, 6.45) is -4.64. The fraction of sp³-hybridized carbons (Fsp3) is 0.143. The number of rotatable bonds is 4. The van der Waals surface area contributed by atoms with E-state index >= 15 is 0 Å². The zero-order valence-corrected chi connectivity index (χ0v) is 12.9. The van der Waals surface area contributed by atoms with Crippen LogP contribution in [-0.2, 0) is 15.7 Å². The summed E-state index contributed by atoms with van der Waals surface area (Å²) in [7, 11) is 0. The van der Waals surface area contributed by atoms with Crippen molar-refractivity contribution in [1.82, 2.24) is 0 Å². The summed E-state index contributed by atoms with van der Waals surface area (Å²) < 4.78 is 42.9. The molecule has 0 aliphatic carbocycles. The zero-order valence-electron chi connectivity index (χ0n) is 11.3. The van der Waals surface area contributed by atoms with Crippen LogP contribution in [-0.4, -0.2) is 18.5 Å². The minimum atomic E-state index is -4.64. The van der Waals surface area contributed by atoms with E-state index in [0.717, 1.165) is 6.07 Å². The van der Waals surface area contributed by atoms with Crippen LogP contribution in [0, 0.1) is 0 Å². The number of hydrogen-bond acceptors (Lipinski definition) is 4. The van der Waals surface area contributed by atoms with Gasteiger partial charge in [0, 0.05) is 11.1 Å². The van der Waals surface area contributed by atoms with Gasteiger partial charge in [-0.1, -0.05) is 11.6 Å². The molecule has 0 saturated heterocycles. The van der Waals surface area contributed by atoms with Crippen LogP contribution in [0.3, 0.4) is 0 Å². The first kappa shape index (κ1) is 17.3. The first-order chi connectivity index (χ1) is 10.8. The van der Waals surface area contributed by atoms with Crippen LogP contribution >= 0.6 is 22.9 Å². The second-order valence-electron chi connectivity index (χ2n) is 4.33.